The van der Waals surface area contributed by atoms with Crippen LogP contribution in [0.4, 0.5) is 20.2 Å². The van der Waals surface area contributed by atoms with Crippen LogP contribution in [0.3, 0.4) is 0 Å². The Morgan fingerprint density at radius 2 is 1.88 bits per heavy atom. The zero-order valence-electron chi connectivity index (χ0n) is 21.9. The molecule has 42 heavy (non-hydrogen) atoms. The minimum atomic E-state index is -1.48. The van der Waals surface area contributed by atoms with Crippen LogP contribution in [0.25, 0.3) is 22.0 Å². The van der Waals surface area contributed by atoms with Crippen LogP contribution in [0.5, 0.6) is 0 Å². The summed E-state index contributed by atoms with van der Waals surface area (Å²) in [6.07, 6.45) is -1.58. The molecule has 10 nitrogen and oxygen atoms in total. The molecule has 4 N–H and O–H groups in total. The van der Waals surface area contributed by atoms with Crippen molar-refractivity contribution in [1.29, 1.82) is 0 Å². The molecule has 214 valence electrons. The maximum Gasteiger partial charge on any atom is 0.269 e. The predicted octanol–water partition coefficient (Wildman–Crippen LogP) is 3.67. The smallest absolute Gasteiger partial charge is 0.269 e. The third-order valence-electron chi connectivity index (χ3n) is 7.44. The summed E-state index contributed by atoms with van der Waals surface area (Å²) in [5, 5.41) is 9.93. The van der Waals surface area contributed by atoms with Gasteiger partial charge in [-0.25, -0.2) is 8.78 Å². The number of alkyl halides is 1. The Labute approximate surface area is 242 Å². The van der Waals surface area contributed by atoms with Crippen molar-refractivity contribution in [1.82, 2.24) is 14.7 Å². The van der Waals surface area contributed by atoms with E-state index in [1.807, 2.05) is 0 Å². The minimum absolute atomic E-state index is 0.0151. The first kappa shape index (κ1) is 27.3. The predicted molar refractivity (Wildman–Crippen MR) is 151 cm³/mol. The summed E-state index contributed by atoms with van der Waals surface area (Å²) in [5.41, 5.74) is 7.21. The second-order valence-electron chi connectivity index (χ2n) is 10.1. The van der Waals surface area contributed by atoms with Gasteiger partial charge in [-0.3, -0.25) is 23.9 Å². The summed E-state index contributed by atoms with van der Waals surface area (Å²) < 4.78 is 31.5. The molecule has 0 aliphatic carbocycles. The number of hydrogen-bond acceptors (Lipinski definition) is 5. The molecular formula is C29H23ClF2N6O4. The third kappa shape index (κ3) is 4.73. The van der Waals surface area contributed by atoms with Crippen LogP contribution < -0.4 is 16.4 Å². The number of carbonyl (C=O) groups excluding carboxylic acids is 4. The average Bonchev–Trinajstić information content (AvgIpc) is 3.65. The van der Waals surface area contributed by atoms with Gasteiger partial charge in [-0.05, 0) is 17.7 Å². The molecule has 0 spiro atoms. The molecule has 3 aromatic carbocycles. The largest absolute Gasteiger partial charge is 0.364 e. The van der Waals surface area contributed by atoms with Crippen molar-refractivity contribution in [3.8, 4) is 11.1 Å². The van der Waals surface area contributed by atoms with Gasteiger partial charge in [0.25, 0.3) is 5.91 Å². The number of amides is 4. The van der Waals surface area contributed by atoms with Crippen molar-refractivity contribution >= 4 is 57.5 Å². The number of para-hydroxylation sites is 1. The quantitative estimate of drug-likeness (QED) is 0.313. The van der Waals surface area contributed by atoms with Crippen molar-refractivity contribution in [2.45, 2.75) is 31.6 Å². The molecule has 4 aromatic rings. The van der Waals surface area contributed by atoms with Gasteiger partial charge in [0.15, 0.2) is 11.5 Å². The summed E-state index contributed by atoms with van der Waals surface area (Å²) in [4.78, 5) is 51.3. The van der Waals surface area contributed by atoms with E-state index in [0.29, 0.717) is 27.7 Å². The van der Waals surface area contributed by atoms with Crippen molar-refractivity contribution in [2.24, 2.45) is 5.73 Å². The highest BCUT2D eigenvalue weighted by Crippen LogP contribution is 2.41. The number of nitrogens with two attached hydrogens (primary N) is 1. The number of carbonyl (C=O) groups is 4. The molecule has 6 rings (SSSR count). The number of aromatic nitrogens is 2. The van der Waals surface area contributed by atoms with Crippen LogP contribution in [0, 0.1) is 5.82 Å². The van der Waals surface area contributed by atoms with Gasteiger partial charge in [-0.1, -0.05) is 54.1 Å². The molecule has 1 aromatic heterocycles. The highest BCUT2D eigenvalue weighted by Gasteiger charge is 2.40. The van der Waals surface area contributed by atoms with Crippen molar-refractivity contribution in [2.75, 3.05) is 17.2 Å². The van der Waals surface area contributed by atoms with E-state index in [2.05, 4.69) is 15.7 Å². The molecule has 1 saturated heterocycles. The standard InChI is InChI=1S/C29H23ClF2N6O4/c30-24-16(9-8-14-10-22(39)35-26(14)24)17-5-3-6-19(25(17)32)34-29(42)21-11-15(31)12-37(21)23(40)13-38-20-7-2-1-4-18(20)27(36-38)28(33)41/h1-9,15,21H,10-13H2,(H2,33,41)(H,34,42)(H,35,39)/t15-,21+/m1/s1. The summed E-state index contributed by atoms with van der Waals surface area (Å²) in [5.74, 6) is -3.15. The fourth-order valence-electron chi connectivity index (χ4n) is 5.47. The van der Waals surface area contributed by atoms with E-state index in [4.69, 9.17) is 17.3 Å². The van der Waals surface area contributed by atoms with Crippen LogP contribution in [0.1, 0.15) is 22.5 Å². The van der Waals surface area contributed by atoms with Gasteiger partial charge in [-0.2, -0.15) is 5.10 Å². The summed E-state index contributed by atoms with van der Waals surface area (Å²) in [7, 11) is 0. The number of halogens is 3. The number of rotatable bonds is 6. The van der Waals surface area contributed by atoms with Crippen LogP contribution in [-0.4, -0.2) is 57.1 Å². The number of hydrogen-bond donors (Lipinski definition) is 3. The van der Waals surface area contributed by atoms with E-state index < -0.39 is 35.8 Å². The van der Waals surface area contributed by atoms with Crippen LogP contribution in [0.2, 0.25) is 5.02 Å². The number of anilines is 2. The summed E-state index contributed by atoms with van der Waals surface area (Å²) >= 11 is 6.49. The molecule has 2 aliphatic heterocycles. The number of nitrogens with zero attached hydrogens (tertiary/aromatic N) is 3. The Morgan fingerprint density at radius 1 is 1.10 bits per heavy atom. The topological polar surface area (TPSA) is 139 Å². The van der Waals surface area contributed by atoms with Gasteiger partial charge in [0.1, 0.15) is 18.8 Å². The van der Waals surface area contributed by atoms with Crippen LogP contribution >= 0.6 is 11.6 Å². The molecule has 2 atom stereocenters. The Hall–Kier alpha value is -4.84. The molecule has 0 bridgehead atoms. The van der Waals surface area contributed by atoms with Crippen LogP contribution in [0.15, 0.2) is 54.6 Å². The first-order chi connectivity index (χ1) is 20.1. The molecule has 1 fully saturated rings. The Bertz CT molecular complexity index is 1810. The number of fused-ring (bicyclic) bond motifs is 2. The highest BCUT2D eigenvalue weighted by atomic mass is 35.5. The Kier molecular flexibility index (Phi) is 6.85. The van der Waals surface area contributed by atoms with Gasteiger partial charge >= 0.3 is 0 Å². The lowest BCUT2D eigenvalue weighted by Crippen LogP contribution is -2.44. The van der Waals surface area contributed by atoms with Gasteiger partial charge in [0.2, 0.25) is 17.7 Å². The molecule has 0 radical (unpaired) electrons. The van der Waals surface area contributed by atoms with E-state index in [9.17, 15) is 23.6 Å². The van der Waals surface area contributed by atoms with Crippen molar-refractivity contribution in [3.63, 3.8) is 0 Å². The highest BCUT2D eigenvalue weighted by molar-refractivity contribution is 6.37. The summed E-state index contributed by atoms with van der Waals surface area (Å²) in [6.45, 7) is -0.709. The van der Waals surface area contributed by atoms with E-state index in [1.165, 1.54) is 22.9 Å². The van der Waals surface area contributed by atoms with Crippen LogP contribution in [-0.2, 0) is 27.3 Å². The molecule has 0 saturated carbocycles. The Balaban J connectivity index is 1.24. The number of nitrogens with one attached hydrogen (secondary N) is 2. The van der Waals surface area contributed by atoms with Crippen molar-refractivity contribution < 1.29 is 28.0 Å². The lowest BCUT2D eigenvalue weighted by molar-refractivity contribution is -0.137. The molecule has 0 unspecified atom stereocenters. The first-order valence-corrected chi connectivity index (χ1v) is 13.4. The summed E-state index contributed by atoms with van der Waals surface area (Å²) in [6, 6.07) is 13.1. The molecule has 13 heteroatoms. The van der Waals surface area contributed by atoms with E-state index in [1.54, 1.807) is 36.4 Å². The number of likely N-dealkylation sites (tertiary alicyclic amines) is 1. The van der Waals surface area contributed by atoms with Gasteiger partial charge in [0.05, 0.1) is 34.9 Å². The molecule has 3 heterocycles. The van der Waals surface area contributed by atoms with Gasteiger partial charge in [-0.15, -0.1) is 0 Å². The lowest BCUT2D eigenvalue weighted by Gasteiger charge is -2.24. The molecule has 2 aliphatic rings. The Morgan fingerprint density at radius 3 is 2.67 bits per heavy atom. The number of benzene rings is 3. The van der Waals surface area contributed by atoms with E-state index in [-0.39, 0.29) is 53.8 Å². The van der Waals surface area contributed by atoms with E-state index in [0.717, 1.165) is 4.90 Å². The third-order valence-corrected chi connectivity index (χ3v) is 7.83. The zero-order valence-corrected chi connectivity index (χ0v) is 22.6. The first-order valence-electron chi connectivity index (χ1n) is 13.0. The maximum absolute atomic E-state index is 15.7. The zero-order chi connectivity index (χ0) is 29.7. The van der Waals surface area contributed by atoms with E-state index >= 15 is 4.39 Å². The van der Waals surface area contributed by atoms with Gasteiger partial charge in [0, 0.05) is 22.9 Å². The fourth-order valence-corrected chi connectivity index (χ4v) is 5.81. The maximum atomic E-state index is 15.7. The molecular weight excluding hydrogens is 570 g/mol. The lowest BCUT2D eigenvalue weighted by atomic mass is 10.0. The molecule has 4 amide bonds. The average molecular weight is 593 g/mol. The minimum Gasteiger partial charge on any atom is -0.364 e. The fraction of sp³-hybridized carbons (Fsp3) is 0.207. The second kappa shape index (κ2) is 10.5. The second-order valence-corrected chi connectivity index (χ2v) is 10.5. The number of primary amides is 1. The SMILES string of the molecule is NC(=O)c1nn(CC(=O)N2C[C@H](F)C[C@H]2C(=O)Nc2cccc(-c3ccc4c(c3Cl)NC(=O)C4)c2F)c2ccccc12. The van der Waals surface area contributed by atoms with Gasteiger partial charge < -0.3 is 21.3 Å². The normalized spacial score (nSPS) is 17.8. The monoisotopic (exact) mass is 592 g/mol. The van der Waals surface area contributed by atoms with Crippen molar-refractivity contribution in [3.05, 3.63) is 76.7 Å².